The van der Waals surface area contributed by atoms with Gasteiger partial charge in [-0.15, -0.1) is 0 Å². The zero-order valence-electron chi connectivity index (χ0n) is 16.8. The van der Waals surface area contributed by atoms with Crippen molar-refractivity contribution in [2.24, 2.45) is 35.5 Å². The molecule has 0 aromatic heterocycles. The van der Waals surface area contributed by atoms with Crippen LogP contribution >= 0.6 is 0 Å². The average molecular weight is 292 g/mol. The van der Waals surface area contributed by atoms with Crippen LogP contribution < -0.4 is 0 Å². The van der Waals surface area contributed by atoms with Crippen molar-refractivity contribution in [3.05, 3.63) is 59.6 Å². The maximum atomic E-state index is 8.57. The summed E-state index contributed by atoms with van der Waals surface area (Å²) in [4.78, 5) is 0. The lowest BCUT2D eigenvalue weighted by Gasteiger charge is -2.64. The summed E-state index contributed by atoms with van der Waals surface area (Å²) in [6.45, 7) is 0. The van der Waals surface area contributed by atoms with Gasteiger partial charge in [0.15, 0.2) is 0 Å². The van der Waals surface area contributed by atoms with Crippen LogP contribution in [0.4, 0.5) is 0 Å². The minimum Gasteiger partial charge on any atom is -0.0805 e. The highest BCUT2D eigenvalue weighted by atomic mass is 14.6. The zero-order chi connectivity index (χ0) is 17.7. The largest absolute Gasteiger partial charge is 0.0805 e. The van der Waals surface area contributed by atoms with E-state index < -0.39 is 0 Å². The van der Waals surface area contributed by atoms with E-state index in [2.05, 4.69) is 24.3 Å². The number of fused-ring (bicyclic) bond motifs is 2. The van der Waals surface area contributed by atoms with Gasteiger partial charge in [-0.3, -0.25) is 0 Å². The third kappa shape index (κ3) is 1.32. The predicted molar refractivity (Wildman–Crippen MR) is 89.6 cm³/mol. The lowest BCUT2D eigenvalue weighted by Crippen LogP contribution is -2.57. The van der Waals surface area contributed by atoms with E-state index in [0.717, 1.165) is 24.0 Å². The Morgan fingerprint density at radius 1 is 0.727 bits per heavy atom. The number of hydrogen-bond donors (Lipinski definition) is 0. The van der Waals surface area contributed by atoms with Crippen molar-refractivity contribution in [2.75, 3.05) is 0 Å². The molecular formula is C22H24. The second kappa shape index (κ2) is 4.16. The van der Waals surface area contributed by atoms with Gasteiger partial charge in [-0.1, -0.05) is 48.5 Å². The van der Waals surface area contributed by atoms with Gasteiger partial charge in [0.2, 0.25) is 0 Å². The number of rotatable bonds is 0. The molecular weight excluding hydrogens is 264 g/mol. The van der Waals surface area contributed by atoms with E-state index in [0.29, 0.717) is 47.3 Å². The zero-order valence-corrected chi connectivity index (χ0v) is 12.8. The van der Waals surface area contributed by atoms with Gasteiger partial charge < -0.3 is 0 Å². The van der Waals surface area contributed by atoms with Gasteiger partial charge in [0.25, 0.3) is 0 Å². The van der Waals surface area contributed by atoms with Crippen LogP contribution in [0.2, 0.25) is 0 Å². The molecule has 0 N–H and O–H groups in total. The molecule has 4 bridgehead atoms. The molecule has 7 aliphatic rings. The monoisotopic (exact) mass is 292 g/mol. The molecule has 112 valence electrons. The number of allylic oxidation sites excluding steroid dienone is 4. The molecule has 0 heteroatoms. The number of hydrogen-bond acceptors (Lipinski definition) is 0. The first kappa shape index (κ1) is 9.11. The molecule has 0 aliphatic heterocycles. The van der Waals surface area contributed by atoms with Crippen LogP contribution in [0, 0.1) is 35.5 Å². The quantitative estimate of drug-likeness (QED) is 0.609. The average Bonchev–Trinajstić information content (AvgIpc) is 2.70. The first-order valence-corrected chi connectivity index (χ1v) is 9.04. The first-order chi connectivity index (χ1) is 12.6. The van der Waals surface area contributed by atoms with Gasteiger partial charge >= 0.3 is 0 Å². The molecule has 0 radical (unpaired) electrons. The minimum absolute atomic E-state index is 0.0304. The van der Waals surface area contributed by atoms with Crippen LogP contribution in [0.15, 0.2) is 48.5 Å². The Morgan fingerprint density at radius 3 is 1.73 bits per heavy atom. The van der Waals surface area contributed by atoms with E-state index >= 15 is 0 Å². The fourth-order valence-corrected chi connectivity index (χ4v) is 7.20. The maximum absolute atomic E-state index is 8.57. The van der Waals surface area contributed by atoms with E-state index in [1.165, 1.54) is 12.8 Å². The Balaban J connectivity index is 1.57. The van der Waals surface area contributed by atoms with Crippen LogP contribution in [-0.4, -0.2) is 0 Å². The Bertz CT molecular complexity index is 799. The first-order valence-electron chi connectivity index (χ1n) is 11.0. The molecule has 8 atom stereocenters. The van der Waals surface area contributed by atoms with Gasteiger partial charge in [-0.2, -0.15) is 0 Å². The minimum atomic E-state index is -0.0304. The Morgan fingerprint density at radius 2 is 1.23 bits per heavy atom. The van der Waals surface area contributed by atoms with Crippen LogP contribution in [0.5, 0.6) is 0 Å². The molecule has 0 amide bonds. The van der Waals surface area contributed by atoms with Crippen LogP contribution in [0.1, 0.15) is 54.1 Å². The summed E-state index contributed by atoms with van der Waals surface area (Å²) in [5, 5.41) is 0. The van der Waals surface area contributed by atoms with Gasteiger partial charge in [0.05, 0.1) is 5.48 Å². The van der Waals surface area contributed by atoms with Gasteiger partial charge in [-0.05, 0) is 84.2 Å². The molecule has 7 aliphatic carbocycles. The fourth-order valence-electron chi connectivity index (χ4n) is 7.20. The number of benzene rings is 1. The molecule has 22 heavy (non-hydrogen) atoms. The standard InChI is InChI=1S/C22H24/c1-2-6-14-13(5-1)17-9-10-18(14)22-20-12-11-19(21(17)22)15-7-3-4-8-16(15)20/h1-8,13-14,17-22H,9-12H2/t13-,14+,17-,18+,19+,20-,21-,22+/i3D,4D,7D,8D. The van der Waals surface area contributed by atoms with Crippen LogP contribution in [0.25, 0.3) is 0 Å². The summed E-state index contributed by atoms with van der Waals surface area (Å²) >= 11 is 0. The van der Waals surface area contributed by atoms with E-state index in [-0.39, 0.29) is 24.2 Å². The summed E-state index contributed by atoms with van der Waals surface area (Å²) in [5.74, 6) is 4.61. The second-order valence-electron chi connectivity index (χ2n) is 8.10. The van der Waals surface area contributed by atoms with Crippen molar-refractivity contribution in [1.29, 1.82) is 0 Å². The van der Waals surface area contributed by atoms with Crippen molar-refractivity contribution >= 4 is 0 Å². The topological polar surface area (TPSA) is 0 Å². The highest BCUT2D eigenvalue weighted by Crippen LogP contribution is 2.69. The molecule has 0 spiro atoms. The molecule has 0 nitrogen and oxygen atoms in total. The molecule has 0 saturated heterocycles. The van der Waals surface area contributed by atoms with Crippen molar-refractivity contribution in [2.45, 2.75) is 37.5 Å². The predicted octanol–water partition coefficient (Wildman–Crippen LogP) is 5.29. The van der Waals surface area contributed by atoms with E-state index in [4.69, 9.17) is 5.48 Å². The van der Waals surface area contributed by atoms with Crippen LogP contribution in [0.3, 0.4) is 0 Å². The van der Waals surface area contributed by atoms with Crippen molar-refractivity contribution < 1.29 is 5.48 Å². The lowest BCUT2D eigenvalue weighted by molar-refractivity contribution is -0.0899. The third-order valence-corrected chi connectivity index (χ3v) is 7.68. The summed E-state index contributed by atoms with van der Waals surface area (Å²) in [6, 6.07) is 0.451. The Labute approximate surface area is 138 Å². The van der Waals surface area contributed by atoms with Crippen LogP contribution in [-0.2, 0) is 0 Å². The second-order valence-corrected chi connectivity index (χ2v) is 8.10. The highest BCUT2D eigenvalue weighted by Gasteiger charge is 2.60. The van der Waals surface area contributed by atoms with Gasteiger partial charge in [-0.25, -0.2) is 0 Å². The molecule has 4 saturated carbocycles. The summed E-state index contributed by atoms with van der Waals surface area (Å²) in [7, 11) is 0. The molecule has 4 fully saturated rings. The molecule has 0 unspecified atom stereocenters. The lowest BCUT2D eigenvalue weighted by atomic mass is 9.40. The van der Waals surface area contributed by atoms with Crippen molar-refractivity contribution in [1.82, 2.24) is 0 Å². The molecule has 1 aromatic rings. The SMILES string of the molecule is [2H]c1c([2H])c([2H])c2c(c1[2H])[C@H]1CC[C@@H]2[C@H]2[C@@H]3CC[C@@H]([C@H]4C=CC=C[C@H]43)[C@H]21. The van der Waals surface area contributed by atoms with E-state index in [1.807, 2.05) is 0 Å². The van der Waals surface area contributed by atoms with Crippen molar-refractivity contribution in [3.8, 4) is 0 Å². The summed E-state index contributed by atoms with van der Waals surface area (Å²) in [6.07, 6.45) is 14.1. The Hall–Kier alpha value is -1.30. The summed E-state index contributed by atoms with van der Waals surface area (Å²) in [5.41, 5.74) is 1.99. The van der Waals surface area contributed by atoms with E-state index in [1.54, 1.807) is 0 Å². The fraction of sp³-hybridized carbons (Fsp3) is 0.545. The third-order valence-electron chi connectivity index (χ3n) is 7.68. The summed E-state index contributed by atoms with van der Waals surface area (Å²) < 4.78 is 33.5. The smallest absolute Gasteiger partial charge is 0.0626 e. The molecule has 1 aromatic carbocycles. The van der Waals surface area contributed by atoms with Gasteiger partial charge in [0, 0.05) is 0 Å². The highest BCUT2D eigenvalue weighted by molar-refractivity contribution is 5.42. The molecule has 0 heterocycles. The van der Waals surface area contributed by atoms with E-state index in [9.17, 15) is 0 Å². The van der Waals surface area contributed by atoms with Gasteiger partial charge in [0.1, 0.15) is 0 Å². The maximum Gasteiger partial charge on any atom is 0.0626 e. The Kier molecular flexibility index (Phi) is 1.72. The van der Waals surface area contributed by atoms with Crippen molar-refractivity contribution in [3.63, 3.8) is 0 Å². The molecule has 8 rings (SSSR count). The normalized spacial score (nSPS) is 52.2.